The quantitative estimate of drug-likeness (QED) is 0.812. The van der Waals surface area contributed by atoms with E-state index in [-0.39, 0.29) is 18.2 Å². The van der Waals surface area contributed by atoms with E-state index in [1.54, 1.807) is 6.20 Å². The lowest BCUT2D eigenvalue weighted by molar-refractivity contribution is 0.118. The van der Waals surface area contributed by atoms with Gasteiger partial charge < -0.3 is 20.2 Å². The van der Waals surface area contributed by atoms with Crippen LogP contribution in [-0.2, 0) is 0 Å². The Morgan fingerprint density at radius 1 is 1.30 bits per heavy atom. The van der Waals surface area contributed by atoms with Crippen molar-refractivity contribution >= 4 is 11.7 Å². The fourth-order valence-electron chi connectivity index (χ4n) is 2.79. The number of nitrogens with one attached hydrogen (secondary N) is 2. The molecule has 1 fully saturated rings. The minimum absolute atomic E-state index is 0.121. The van der Waals surface area contributed by atoms with Crippen molar-refractivity contribution in [2.24, 2.45) is 0 Å². The van der Waals surface area contributed by atoms with Crippen LogP contribution in [0.15, 0.2) is 34.9 Å². The monoisotopic (exact) mass is 315 g/mol. The highest BCUT2D eigenvalue weighted by molar-refractivity contribution is 5.90. The van der Waals surface area contributed by atoms with Crippen LogP contribution in [-0.4, -0.2) is 28.3 Å². The molecular formula is C17H21N3O3. The summed E-state index contributed by atoms with van der Waals surface area (Å²) >= 11 is 0. The van der Waals surface area contributed by atoms with Crippen LogP contribution in [0.4, 0.5) is 10.5 Å². The number of carbonyl (C=O) groups is 1. The first kappa shape index (κ1) is 15.6. The Labute approximate surface area is 134 Å². The number of oxazole rings is 1. The number of aliphatic hydroxyl groups is 1. The number of anilines is 1. The minimum Gasteiger partial charge on any atom is -0.441 e. The molecule has 3 rings (SSSR count). The predicted molar refractivity (Wildman–Crippen MR) is 87.1 cm³/mol. The van der Waals surface area contributed by atoms with Crippen LogP contribution in [0, 0.1) is 6.92 Å². The Balaban J connectivity index is 1.60. The fourth-order valence-corrected chi connectivity index (χ4v) is 2.79. The molecule has 1 aromatic carbocycles. The molecule has 23 heavy (non-hydrogen) atoms. The predicted octanol–water partition coefficient (Wildman–Crippen LogP) is 3.08. The van der Waals surface area contributed by atoms with Gasteiger partial charge >= 0.3 is 6.03 Å². The van der Waals surface area contributed by atoms with Gasteiger partial charge in [0.25, 0.3) is 0 Å². The minimum atomic E-state index is -0.230. The number of hydrogen-bond acceptors (Lipinski definition) is 4. The molecule has 6 heteroatoms. The van der Waals surface area contributed by atoms with Gasteiger partial charge in [-0.2, -0.15) is 0 Å². The average molecular weight is 315 g/mol. The van der Waals surface area contributed by atoms with Gasteiger partial charge in [0.1, 0.15) is 5.76 Å². The highest BCUT2D eigenvalue weighted by atomic mass is 16.4. The highest BCUT2D eigenvalue weighted by Gasteiger charge is 2.20. The zero-order valence-electron chi connectivity index (χ0n) is 13.1. The molecule has 6 nitrogen and oxygen atoms in total. The normalized spacial score (nSPS) is 21.0. The summed E-state index contributed by atoms with van der Waals surface area (Å²) in [6.45, 7) is 1.84. The van der Waals surface area contributed by atoms with E-state index in [0.717, 1.165) is 37.0 Å². The molecule has 1 saturated carbocycles. The first-order valence-electron chi connectivity index (χ1n) is 7.88. The maximum absolute atomic E-state index is 12.1. The van der Waals surface area contributed by atoms with E-state index in [2.05, 4.69) is 15.6 Å². The van der Waals surface area contributed by atoms with Crippen molar-refractivity contribution in [1.29, 1.82) is 0 Å². The SMILES string of the molecule is Cc1cnc(-c2cccc(NC(=O)NC3CCC(O)CC3)c2)o1. The third-order valence-corrected chi connectivity index (χ3v) is 4.02. The van der Waals surface area contributed by atoms with Gasteiger partial charge in [0.05, 0.1) is 12.3 Å². The summed E-state index contributed by atoms with van der Waals surface area (Å²) in [4.78, 5) is 16.3. The van der Waals surface area contributed by atoms with Crippen molar-refractivity contribution in [3.63, 3.8) is 0 Å². The number of amides is 2. The first-order valence-corrected chi connectivity index (χ1v) is 7.88. The number of rotatable bonds is 3. The summed E-state index contributed by atoms with van der Waals surface area (Å²) in [5, 5.41) is 15.3. The van der Waals surface area contributed by atoms with Gasteiger partial charge in [-0.05, 0) is 50.8 Å². The van der Waals surface area contributed by atoms with Crippen molar-refractivity contribution in [2.45, 2.75) is 44.8 Å². The Hall–Kier alpha value is -2.34. The van der Waals surface area contributed by atoms with Gasteiger partial charge in [0.2, 0.25) is 5.89 Å². The number of aliphatic hydroxyl groups excluding tert-OH is 1. The second-order valence-corrected chi connectivity index (χ2v) is 5.96. The smallest absolute Gasteiger partial charge is 0.319 e. The molecule has 0 unspecified atom stereocenters. The Kier molecular flexibility index (Phi) is 4.62. The summed E-state index contributed by atoms with van der Waals surface area (Å²) in [5.41, 5.74) is 1.50. The van der Waals surface area contributed by atoms with E-state index in [1.807, 2.05) is 31.2 Å². The molecule has 0 radical (unpaired) electrons. The number of carbonyl (C=O) groups excluding carboxylic acids is 1. The van der Waals surface area contributed by atoms with Crippen LogP contribution in [0.2, 0.25) is 0 Å². The molecule has 1 aromatic heterocycles. The lowest BCUT2D eigenvalue weighted by Gasteiger charge is -2.26. The molecule has 3 N–H and O–H groups in total. The van der Waals surface area contributed by atoms with Gasteiger partial charge in [-0.3, -0.25) is 0 Å². The zero-order chi connectivity index (χ0) is 16.2. The third-order valence-electron chi connectivity index (χ3n) is 4.02. The molecule has 1 aliphatic rings. The number of urea groups is 1. The first-order chi connectivity index (χ1) is 11.1. The maximum atomic E-state index is 12.1. The van der Waals surface area contributed by atoms with Crippen molar-refractivity contribution in [1.82, 2.24) is 10.3 Å². The molecule has 122 valence electrons. The van der Waals surface area contributed by atoms with Crippen molar-refractivity contribution in [3.05, 3.63) is 36.2 Å². The molecule has 0 bridgehead atoms. The Morgan fingerprint density at radius 2 is 2.09 bits per heavy atom. The molecule has 0 saturated heterocycles. The van der Waals surface area contributed by atoms with Crippen molar-refractivity contribution < 1.29 is 14.3 Å². The molecule has 1 heterocycles. The summed E-state index contributed by atoms with van der Waals surface area (Å²) in [5.74, 6) is 1.28. The lowest BCUT2D eigenvalue weighted by Crippen LogP contribution is -2.40. The van der Waals surface area contributed by atoms with Crippen LogP contribution >= 0.6 is 0 Å². The second-order valence-electron chi connectivity index (χ2n) is 5.96. The van der Waals surface area contributed by atoms with E-state index in [0.29, 0.717) is 11.6 Å². The largest absolute Gasteiger partial charge is 0.441 e. The van der Waals surface area contributed by atoms with E-state index in [4.69, 9.17) is 4.42 Å². The van der Waals surface area contributed by atoms with Crippen LogP contribution in [0.3, 0.4) is 0 Å². The Morgan fingerprint density at radius 3 is 2.78 bits per heavy atom. The highest BCUT2D eigenvalue weighted by Crippen LogP contribution is 2.22. The van der Waals surface area contributed by atoms with Gasteiger partial charge in [-0.15, -0.1) is 0 Å². The van der Waals surface area contributed by atoms with Crippen molar-refractivity contribution in [2.75, 3.05) is 5.32 Å². The van der Waals surface area contributed by atoms with Gasteiger partial charge in [-0.1, -0.05) is 6.07 Å². The molecule has 0 atom stereocenters. The Bertz CT molecular complexity index is 675. The number of aryl methyl sites for hydroxylation is 1. The van der Waals surface area contributed by atoms with E-state index >= 15 is 0 Å². The van der Waals surface area contributed by atoms with Gasteiger partial charge in [0.15, 0.2) is 0 Å². The molecule has 0 spiro atoms. The van der Waals surface area contributed by atoms with Crippen LogP contribution < -0.4 is 10.6 Å². The van der Waals surface area contributed by atoms with Crippen LogP contribution in [0.5, 0.6) is 0 Å². The van der Waals surface area contributed by atoms with E-state index < -0.39 is 0 Å². The number of aromatic nitrogens is 1. The third kappa shape index (κ3) is 4.10. The van der Waals surface area contributed by atoms with E-state index in [9.17, 15) is 9.90 Å². The van der Waals surface area contributed by atoms with Gasteiger partial charge in [-0.25, -0.2) is 9.78 Å². The summed E-state index contributed by atoms with van der Waals surface area (Å²) in [6.07, 6.45) is 4.54. The van der Waals surface area contributed by atoms with E-state index in [1.165, 1.54) is 0 Å². The number of nitrogens with zero attached hydrogens (tertiary/aromatic N) is 1. The second kappa shape index (κ2) is 6.83. The summed E-state index contributed by atoms with van der Waals surface area (Å²) < 4.78 is 5.50. The number of hydrogen-bond donors (Lipinski definition) is 3. The zero-order valence-corrected chi connectivity index (χ0v) is 13.1. The van der Waals surface area contributed by atoms with Gasteiger partial charge in [0, 0.05) is 17.3 Å². The molecule has 2 aromatic rings. The maximum Gasteiger partial charge on any atom is 0.319 e. The summed E-state index contributed by atoms with van der Waals surface area (Å²) in [7, 11) is 0. The molecule has 2 amide bonds. The lowest BCUT2D eigenvalue weighted by atomic mass is 9.93. The fraction of sp³-hybridized carbons (Fsp3) is 0.412. The van der Waals surface area contributed by atoms with Crippen molar-refractivity contribution in [3.8, 4) is 11.5 Å². The van der Waals surface area contributed by atoms with Crippen LogP contribution in [0.25, 0.3) is 11.5 Å². The standard InChI is InChI=1S/C17H21N3O3/c1-11-10-18-16(23-11)12-3-2-4-14(9-12)20-17(22)19-13-5-7-15(21)8-6-13/h2-4,9-10,13,15,21H,5-8H2,1H3,(H2,19,20,22). The topological polar surface area (TPSA) is 87.4 Å². The molecular weight excluding hydrogens is 294 g/mol. The molecule has 1 aliphatic carbocycles. The average Bonchev–Trinajstić information content (AvgIpc) is 2.96. The summed E-state index contributed by atoms with van der Waals surface area (Å²) in [6, 6.07) is 7.28. The number of benzene rings is 1. The molecule has 0 aliphatic heterocycles. The van der Waals surface area contributed by atoms with Crippen LogP contribution in [0.1, 0.15) is 31.4 Å².